The zero-order chi connectivity index (χ0) is 24.2. The Kier molecular flexibility index (Phi) is 7.04. The van der Waals surface area contributed by atoms with Gasteiger partial charge < -0.3 is 10.6 Å². The molecule has 0 aromatic carbocycles. The Balaban J connectivity index is 2.06. The fourth-order valence-electron chi connectivity index (χ4n) is 2.75. The molecule has 174 valence electrons. The SMILES string of the molecule is CONC(=O)c1cnc(Nc2cccc(F)n2)cc1Nc1ccc(C)nc1N(C)S(C)(=O)=O. The van der Waals surface area contributed by atoms with E-state index in [4.69, 9.17) is 4.84 Å². The number of halogens is 1. The highest BCUT2D eigenvalue weighted by Gasteiger charge is 2.20. The molecule has 0 saturated heterocycles. The molecule has 3 N–H and O–H groups in total. The molecule has 3 aromatic rings. The number of hydroxylamine groups is 1. The van der Waals surface area contributed by atoms with Crippen LogP contribution in [0.2, 0.25) is 0 Å². The monoisotopic (exact) mass is 475 g/mol. The first-order chi connectivity index (χ1) is 15.6. The van der Waals surface area contributed by atoms with E-state index >= 15 is 0 Å². The fraction of sp³-hybridized carbons (Fsp3) is 0.200. The van der Waals surface area contributed by atoms with Crippen molar-refractivity contribution in [3.63, 3.8) is 0 Å². The van der Waals surface area contributed by atoms with Crippen LogP contribution in [0.15, 0.2) is 42.6 Å². The highest BCUT2D eigenvalue weighted by Crippen LogP contribution is 2.31. The number of anilines is 5. The first-order valence-corrected chi connectivity index (χ1v) is 11.3. The number of nitrogens with zero attached hydrogens (tertiary/aromatic N) is 4. The van der Waals surface area contributed by atoms with Crippen LogP contribution in [0, 0.1) is 12.9 Å². The Bertz CT molecular complexity index is 1290. The van der Waals surface area contributed by atoms with Crippen LogP contribution in [0.25, 0.3) is 0 Å². The lowest BCUT2D eigenvalue weighted by molar-refractivity contribution is 0.0538. The number of sulfonamides is 1. The summed E-state index contributed by atoms with van der Waals surface area (Å²) < 4.78 is 38.7. The molecule has 13 heteroatoms. The van der Waals surface area contributed by atoms with Crippen LogP contribution < -0.4 is 20.4 Å². The molecule has 3 rings (SSSR count). The van der Waals surface area contributed by atoms with Crippen molar-refractivity contribution in [1.82, 2.24) is 20.4 Å². The second kappa shape index (κ2) is 9.75. The molecule has 3 heterocycles. The van der Waals surface area contributed by atoms with Gasteiger partial charge >= 0.3 is 0 Å². The predicted octanol–water partition coefficient (Wildman–Crippen LogP) is 2.49. The van der Waals surface area contributed by atoms with Crippen molar-refractivity contribution in [3.05, 3.63) is 59.8 Å². The normalized spacial score (nSPS) is 11.1. The molecule has 0 saturated carbocycles. The molecule has 3 aromatic heterocycles. The molecule has 0 fully saturated rings. The van der Waals surface area contributed by atoms with Crippen molar-refractivity contribution in [2.24, 2.45) is 0 Å². The van der Waals surface area contributed by atoms with Gasteiger partial charge in [0.1, 0.15) is 11.6 Å². The number of rotatable bonds is 8. The minimum atomic E-state index is -3.61. The van der Waals surface area contributed by atoms with Crippen LogP contribution in [0.1, 0.15) is 16.1 Å². The number of nitrogens with one attached hydrogen (secondary N) is 3. The molecule has 0 radical (unpaired) electrons. The molecule has 0 aliphatic heterocycles. The average Bonchev–Trinajstić information content (AvgIpc) is 2.74. The van der Waals surface area contributed by atoms with Gasteiger partial charge in [-0.05, 0) is 31.2 Å². The van der Waals surface area contributed by atoms with Crippen molar-refractivity contribution in [1.29, 1.82) is 0 Å². The zero-order valence-corrected chi connectivity index (χ0v) is 19.1. The van der Waals surface area contributed by atoms with Crippen LogP contribution in [0.4, 0.5) is 33.2 Å². The quantitative estimate of drug-likeness (QED) is 0.331. The third kappa shape index (κ3) is 5.90. The summed E-state index contributed by atoms with van der Waals surface area (Å²) >= 11 is 0. The van der Waals surface area contributed by atoms with E-state index < -0.39 is 21.9 Å². The second-order valence-corrected chi connectivity index (χ2v) is 8.91. The van der Waals surface area contributed by atoms with Gasteiger partial charge in [0.2, 0.25) is 16.0 Å². The van der Waals surface area contributed by atoms with Gasteiger partial charge in [0.05, 0.1) is 30.3 Å². The Morgan fingerprint density at radius 3 is 2.52 bits per heavy atom. The largest absolute Gasteiger partial charge is 0.352 e. The lowest BCUT2D eigenvalue weighted by Crippen LogP contribution is -2.27. The summed E-state index contributed by atoms with van der Waals surface area (Å²) in [5.74, 6) is -0.678. The number of amides is 1. The van der Waals surface area contributed by atoms with E-state index in [1.54, 1.807) is 25.1 Å². The predicted molar refractivity (Wildman–Crippen MR) is 122 cm³/mol. The first-order valence-electron chi connectivity index (χ1n) is 9.50. The van der Waals surface area contributed by atoms with Gasteiger partial charge in [-0.1, -0.05) is 6.07 Å². The average molecular weight is 476 g/mol. The van der Waals surface area contributed by atoms with Crippen LogP contribution in [0.3, 0.4) is 0 Å². The van der Waals surface area contributed by atoms with Gasteiger partial charge in [-0.15, -0.1) is 0 Å². The molecule has 0 aliphatic rings. The summed E-state index contributed by atoms with van der Waals surface area (Å²) in [7, 11) is -0.957. The molecule has 1 amide bonds. The van der Waals surface area contributed by atoms with Gasteiger partial charge in [-0.2, -0.15) is 4.39 Å². The number of aryl methyl sites for hydroxylation is 1. The lowest BCUT2D eigenvalue weighted by atomic mass is 10.2. The van der Waals surface area contributed by atoms with Crippen molar-refractivity contribution in [2.45, 2.75) is 6.92 Å². The summed E-state index contributed by atoms with van der Waals surface area (Å²) in [5, 5.41) is 5.89. The van der Waals surface area contributed by atoms with E-state index in [-0.39, 0.29) is 28.7 Å². The Morgan fingerprint density at radius 1 is 1.09 bits per heavy atom. The molecule has 0 bridgehead atoms. The summed E-state index contributed by atoms with van der Waals surface area (Å²) in [6.45, 7) is 1.72. The number of hydrogen-bond donors (Lipinski definition) is 3. The van der Waals surface area contributed by atoms with Gasteiger partial charge in [0.15, 0.2) is 5.82 Å². The summed E-state index contributed by atoms with van der Waals surface area (Å²) in [6.07, 6.45) is 2.33. The minimum Gasteiger partial charge on any atom is -0.352 e. The van der Waals surface area contributed by atoms with Crippen LogP contribution >= 0.6 is 0 Å². The van der Waals surface area contributed by atoms with Crippen LogP contribution in [-0.2, 0) is 14.9 Å². The molecule has 0 atom stereocenters. The Morgan fingerprint density at radius 2 is 1.85 bits per heavy atom. The van der Waals surface area contributed by atoms with E-state index in [1.807, 2.05) is 0 Å². The third-order valence-corrected chi connectivity index (χ3v) is 5.56. The van der Waals surface area contributed by atoms with Gasteiger partial charge in [0.25, 0.3) is 5.91 Å². The Labute approximate surface area is 190 Å². The van der Waals surface area contributed by atoms with E-state index in [2.05, 4.69) is 31.1 Å². The molecule has 0 spiro atoms. The maximum Gasteiger partial charge on any atom is 0.278 e. The number of carbonyl (C=O) groups excluding carboxylic acids is 1. The van der Waals surface area contributed by atoms with Crippen LogP contribution in [0.5, 0.6) is 0 Å². The lowest BCUT2D eigenvalue weighted by Gasteiger charge is -2.21. The third-order valence-electron chi connectivity index (χ3n) is 4.39. The van der Waals surface area contributed by atoms with Crippen LogP contribution in [-0.4, -0.2) is 49.7 Å². The van der Waals surface area contributed by atoms with E-state index in [0.717, 1.165) is 10.6 Å². The molecule has 11 nitrogen and oxygen atoms in total. The maximum atomic E-state index is 13.4. The zero-order valence-electron chi connectivity index (χ0n) is 18.2. The fourth-order valence-corrected chi connectivity index (χ4v) is 3.20. The number of carbonyl (C=O) groups is 1. The van der Waals surface area contributed by atoms with Gasteiger partial charge in [-0.25, -0.2) is 28.8 Å². The Hall–Kier alpha value is -3.84. The minimum absolute atomic E-state index is 0.100. The van der Waals surface area contributed by atoms with Crippen molar-refractivity contribution in [2.75, 3.05) is 35.4 Å². The van der Waals surface area contributed by atoms with E-state index in [9.17, 15) is 17.6 Å². The summed E-state index contributed by atoms with van der Waals surface area (Å²) in [6, 6.07) is 9.05. The molecular formula is C20H22FN7O4S. The first kappa shape index (κ1) is 23.8. The van der Waals surface area contributed by atoms with E-state index in [1.165, 1.54) is 38.6 Å². The number of pyridine rings is 3. The highest BCUT2D eigenvalue weighted by atomic mass is 32.2. The number of hydrogen-bond acceptors (Lipinski definition) is 9. The standard InChI is InChI=1S/C20H22FN7O4S/c1-12-8-9-14(19(23-12)28(2)33(4,30)31)24-15-10-18(22-11-13(15)20(29)27-32-3)26-17-7-5-6-16(21)25-17/h5-11H,1-4H3,(H,27,29)(H2,22,24,25,26). The smallest absolute Gasteiger partial charge is 0.278 e. The summed E-state index contributed by atoms with van der Waals surface area (Å²) in [5.41, 5.74) is 3.48. The number of aromatic nitrogens is 3. The second-order valence-electron chi connectivity index (χ2n) is 6.90. The van der Waals surface area contributed by atoms with Gasteiger partial charge in [-0.3, -0.25) is 13.9 Å². The topological polar surface area (TPSA) is 138 Å². The van der Waals surface area contributed by atoms with Crippen molar-refractivity contribution < 1.29 is 22.4 Å². The molecule has 0 unspecified atom stereocenters. The maximum absolute atomic E-state index is 13.4. The molecular weight excluding hydrogens is 453 g/mol. The summed E-state index contributed by atoms with van der Waals surface area (Å²) in [4.78, 5) is 29.4. The highest BCUT2D eigenvalue weighted by molar-refractivity contribution is 7.92. The van der Waals surface area contributed by atoms with E-state index in [0.29, 0.717) is 11.4 Å². The van der Waals surface area contributed by atoms with Crippen molar-refractivity contribution in [3.8, 4) is 0 Å². The van der Waals surface area contributed by atoms with Crippen molar-refractivity contribution >= 4 is 44.8 Å². The molecule has 33 heavy (non-hydrogen) atoms. The van der Waals surface area contributed by atoms with Gasteiger partial charge in [0, 0.05) is 25.0 Å². The molecule has 0 aliphatic carbocycles.